The number of nitrogens with zero attached hydrogens (tertiary/aromatic N) is 1. The lowest BCUT2D eigenvalue weighted by molar-refractivity contribution is 0.293. The van der Waals surface area contributed by atoms with Crippen LogP contribution in [0.3, 0.4) is 0 Å². The molecule has 1 heterocycles. The molecule has 2 atom stereocenters. The second-order valence-electron chi connectivity index (χ2n) is 5.09. The Labute approximate surface area is 108 Å². The molecular weight excluding hydrogens is 234 g/mol. The molecule has 0 amide bonds. The molecule has 1 aromatic heterocycles. The van der Waals surface area contributed by atoms with Crippen molar-refractivity contribution in [3.05, 3.63) is 17.3 Å². The van der Waals surface area contributed by atoms with Crippen molar-refractivity contribution in [3.8, 4) is 0 Å². The van der Waals surface area contributed by atoms with Gasteiger partial charge in [-0.05, 0) is 36.8 Å². The van der Waals surface area contributed by atoms with E-state index in [9.17, 15) is 0 Å². The molecule has 1 aromatic rings. The van der Waals surface area contributed by atoms with Crippen LogP contribution in [0.25, 0.3) is 0 Å². The van der Waals surface area contributed by atoms with E-state index in [1.807, 2.05) is 0 Å². The molecule has 2 rings (SSSR count). The molecule has 0 aromatic carbocycles. The van der Waals surface area contributed by atoms with E-state index in [2.05, 4.69) is 17.2 Å². The number of nitrogens with two attached hydrogens (primary N) is 1. The first kappa shape index (κ1) is 12.5. The van der Waals surface area contributed by atoms with E-state index in [1.54, 1.807) is 12.1 Å². The number of anilines is 2. The Hall–Kier alpha value is -0.960. The molecule has 4 heteroatoms. The second-order valence-corrected chi connectivity index (χ2v) is 5.48. The highest BCUT2D eigenvalue weighted by atomic mass is 35.5. The van der Waals surface area contributed by atoms with Gasteiger partial charge >= 0.3 is 0 Å². The minimum Gasteiger partial charge on any atom is -0.396 e. The van der Waals surface area contributed by atoms with Gasteiger partial charge in [-0.15, -0.1) is 0 Å². The molecule has 0 bridgehead atoms. The Balaban J connectivity index is 1.90. The highest BCUT2D eigenvalue weighted by Crippen LogP contribution is 2.29. The van der Waals surface area contributed by atoms with Crippen LogP contribution in [0.15, 0.2) is 12.1 Å². The predicted octanol–water partition coefficient (Wildman–Crippen LogP) is 3.56. The van der Waals surface area contributed by atoms with Crippen molar-refractivity contribution in [2.45, 2.75) is 32.6 Å². The van der Waals surface area contributed by atoms with E-state index in [1.165, 1.54) is 25.7 Å². The average molecular weight is 254 g/mol. The largest absolute Gasteiger partial charge is 0.396 e. The average Bonchev–Trinajstić information content (AvgIpc) is 2.30. The van der Waals surface area contributed by atoms with E-state index >= 15 is 0 Å². The Morgan fingerprint density at radius 2 is 2.29 bits per heavy atom. The predicted molar refractivity (Wildman–Crippen MR) is 73.3 cm³/mol. The number of halogens is 1. The maximum Gasteiger partial charge on any atom is 0.150 e. The van der Waals surface area contributed by atoms with Crippen LogP contribution in [0.2, 0.25) is 5.15 Å². The Morgan fingerprint density at radius 1 is 1.47 bits per heavy atom. The highest BCUT2D eigenvalue weighted by molar-refractivity contribution is 6.29. The van der Waals surface area contributed by atoms with Crippen molar-refractivity contribution >= 4 is 23.1 Å². The molecule has 1 aliphatic carbocycles. The minimum atomic E-state index is 0.485. The summed E-state index contributed by atoms with van der Waals surface area (Å²) in [5.41, 5.74) is 6.51. The van der Waals surface area contributed by atoms with E-state index in [0.29, 0.717) is 10.8 Å². The summed E-state index contributed by atoms with van der Waals surface area (Å²) < 4.78 is 0. The molecule has 2 unspecified atom stereocenters. The third kappa shape index (κ3) is 3.50. The molecule has 1 saturated carbocycles. The number of nitrogen functional groups attached to an aromatic ring is 1. The zero-order chi connectivity index (χ0) is 12.3. The summed E-state index contributed by atoms with van der Waals surface area (Å²) in [5, 5.41) is 3.81. The molecule has 0 saturated heterocycles. The van der Waals surface area contributed by atoms with E-state index in [-0.39, 0.29) is 0 Å². The summed E-state index contributed by atoms with van der Waals surface area (Å²) in [4.78, 5) is 4.21. The molecule has 3 nitrogen and oxygen atoms in total. The van der Waals surface area contributed by atoms with Crippen LogP contribution in [0, 0.1) is 11.8 Å². The van der Waals surface area contributed by atoms with Crippen molar-refractivity contribution in [3.63, 3.8) is 0 Å². The van der Waals surface area contributed by atoms with Gasteiger partial charge in [0, 0.05) is 6.54 Å². The number of nitrogens with one attached hydrogen (secondary N) is 1. The standard InChI is InChI=1S/C13H20ClN3/c1-9-3-2-4-10(7-9)8-16-13-11(15)5-6-12(14)17-13/h5-6,9-10H,2-4,7-8,15H2,1H3,(H,16,17). The van der Waals surface area contributed by atoms with Gasteiger partial charge in [-0.1, -0.05) is 31.4 Å². The molecule has 17 heavy (non-hydrogen) atoms. The molecule has 0 radical (unpaired) electrons. The van der Waals surface area contributed by atoms with Gasteiger partial charge in [0.1, 0.15) is 5.15 Å². The molecular formula is C13H20ClN3. The number of rotatable bonds is 3. The van der Waals surface area contributed by atoms with Crippen molar-refractivity contribution in [2.75, 3.05) is 17.6 Å². The quantitative estimate of drug-likeness (QED) is 0.810. The monoisotopic (exact) mass is 253 g/mol. The number of hydrogen-bond acceptors (Lipinski definition) is 3. The zero-order valence-electron chi connectivity index (χ0n) is 10.2. The Bertz CT molecular complexity index is 381. The SMILES string of the molecule is CC1CCCC(CNc2nc(Cl)ccc2N)C1. The summed E-state index contributed by atoms with van der Waals surface area (Å²) in [7, 11) is 0. The van der Waals surface area contributed by atoms with Crippen LogP contribution in [-0.2, 0) is 0 Å². The minimum absolute atomic E-state index is 0.485. The van der Waals surface area contributed by atoms with Crippen LogP contribution in [0.1, 0.15) is 32.6 Å². The summed E-state index contributed by atoms with van der Waals surface area (Å²) in [5.74, 6) is 2.30. The normalized spacial score (nSPS) is 24.6. The van der Waals surface area contributed by atoms with E-state index in [0.717, 1.165) is 24.2 Å². The number of pyridine rings is 1. The third-order valence-corrected chi connectivity index (χ3v) is 3.71. The maximum atomic E-state index is 5.85. The third-order valence-electron chi connectivity index (χ3n) is 3.50. The van der Waals surface area contributed by atoms with Crippen LogP contribution < -0.4 is 11.1 Å². The van der Waals surface area contributed by atoms with Gasteiger partial charge in [0.25, 0.3) is 0 Å². The summed E-state index contributed by atoms with van der Waals surface area (Å²) in [6, 6.07) is 3.51. The first-order valence-corrected chi connectivity index (χ1v) is 6.69. The highest BCUT2D eigenvalue weighted by Gasteiger charge is 2.18. The van der Waals surface area contributed by atoms with Crippen molar-refractivity contribution in [2.24, 2.45) is 11.8 Å². The van der Waals surface area contributed by atoms with E-state index < -0.39 is 0 Å². The van der Waals surface area contributed by atoms with Gasteiger partial charge < -0.3 is 11.1 Å². The van der Waals surface area contributed by atoms with Gasteiger partial charge in [-0.25, -0.2) is 4.98 Å². The van der Waals surface area contributed by atoms with Gasteiger partial charge in [-0.3, -0.25) is 0 Å². The summed E-state index contributed by atoms with van der Waals surface area (Å²) in [6.45, 7) is 3.28. The number of aromatic nitrogens is 1. The lowest BCUT2D eigenvalue weighted by Crippen LogP contribution is -2.21. The Morgan fingerprint density at radius 3 is 3.06 bits per heavy atom. The number of hydrogen-bond donors (Lipinski definition) is 2. The van der Waals surface area contributed by atoms with Crippen LogP contribution in [0.4, 0.5) is 11.5 Å². The van der Waals surface area contributed by atoms with Gasteiger partial charge in [0.05, 0.1) is 5.69 Å². The van der Waals surface area contributed by atoms with Gasteiger partial charge in [-0.2, -0.15) is 0 Å². The maximum absolute atomic E-state index is 5.85. The van der Waals surface area contributed by atoms with E-state index in [4.69, 9.17) is 17.3 Å². The fourth-order valence-electron chi connectivity index (χ4n) is 2.57. The van der Waals surface area contributed by atoms with Gasteiger partial charge in [0.15, 0.2) is 5.82 Å². The molecule has 94 valence electrons. The molecule has 1 fully saturated rings. The Kier molecular flexibility index (Phi) is 4.11. The lowest BCUT2D eigenvalue weighted by Gasteiger charge is -2.27. The first-order chi connectivity index (χ1) is 8.15. The molecule has 1 aliphatic rings. The fraction of sp³-hybridized carbons (Fsp3) is 0.615. The topological polar surface area (TPSA) is 50.9 Å². The molecule has 0 spiro atoms. The smallest absolute Gasteiger partial charge is 0.150 e. The first-order valence-electron chi connectivity index (χ1n) is 6.31. The van der Waals surface area contributed by atoms with Crippen molar-refractivity contribution < 1.29 is 0 Å². The van der Waals surface area contributed by atoms with Crippen LogP contribution in [-0.4, -0.2) is 11.5 Å². The zero-order valence-corrected chi connectivity index (χ0v) is 11.0. The fourth-order valence-corrected chi connectivity index (χ4v) is 2.72. The summed E-state index contributed by atoms with van der Waals surface area (Å²) >= 11 is 5.85. The molecule has 3 N–H and O–H groups in total. The van der Waals surface area contributed by atoms with Gasteiger partial charge in [0.2, 0.25) is 0 Å². The summed E-state index contributed by atoms with van der Waals surface area (Å²) in [6.07, 6.45) is 5.31. The van der Waals surface area contributed by atoms with Crippen molar-refractivity contribution in [1.82, 2.24) is 4.98 Å². The van der Waals surface area contributed by atoms with Crippen LogP contribution in [0.5, 0.6) is 0 Å². The second kappa shape index (κ2) is 5.58. The molecule has 0 aliphatic heterocycles. The van der Waals surface area contributed by atoms with Crippen molar-refractivity contribution in [1.29, 1.82) is 0 Å². The van der Waals surface area contributed by atoms with Crippen LogP contribution >= 0.6 is 11.6 Å². The lowest BCUT2D eigenvalue weighted by atomic mass is 9.82.